The molecule has 0 amide bonds. The van der Waals surface area contributed by atoms with Crippen molar-refractivity contribution in [2.75, 3.05) is 0 Å². The number of azo groups is 1. The average molecular weight is 258 g/mol. The van der Waals surface area contributed by atoms with E-state index < -0.39 is 10.6 Å². The number of nitro benzene ring substituents is 1. The molecule has 1 unspecified atom stereocenters. The van der Waals surface area contributed by atoms with Gasteiger partial charge in [-0.3, -0.25) is 10.1 Å². The minimum absolute atomic E-state index is 0.0847. The Bertz CT molecular complexity index is 534. The fourth-order valence-electron chi connectivity index (χ4n) is 2.56. The lowest BCUT2D eigenvalue weighted by atomic mass is 9.77. The first-order chi connectivity index (χ1) is 9.20. The summed E-state index contributed by atoms with van der Waals surface area (Å²) >= 11 is 0. The predicted molar refractivity (Wildman–Crippen MR) is 70.1 cm³/mol. The van der Waals surface area contributed by atoms with Crippen LogP contribution in [0, 0.1) is 16.0 Å². The van der Waals surface area contributed by atoms with Crippen LogP contribution in [0.5, 0.6) is 0 Å². The summed E-state index contributed by atoms with van der Waals surface area (Å²) < 4.78 is 0. The maximum absolute atomic E-state index is 10.7. The number of nitro groups is 1. The van der Waals surface area contributed by atoms with Gasteiger partial charge in [0.15, 0.2) is 5.66 Å². The molecule has 19 heavy (non-hydrogen) atoms. The van der Waals surface area contributed by atoms with E-state index in [1.54, 1.807) is 12.1 Å². The Balaban J connectivity index is 1.89. The highest BCUT2D eigenvalue weighted by Crippen LogP contribution is 2.43. The first-order valence-electron chi connectivity index (χ1n) is 6.40. The molecule has 1 heterocycles. The Morgan fingerprint density at radius 1 is 1.32 bits per heavy atom. The van der Waals surface area contributed by atoms with Gasteiger partial charge in [-0.15, -0.1) is 5.11 Å². The Labute approximate surface area is 110 Å². The Kier molecular flexibility index (Phi) is 2.85. The van der Waals surface area contributed by atoms with Crippen molar-refractivity contribution in [2.45, 2.75) is 31.3 Å². The van der Waals surface area contributed by atoms with Crippen LogP contribution in [0.15, 0.2) is 39.5 Å². The SMILES string of the molecule is O=[N+]([O-])c1ccc(C2(CC3CCC3)N=CN=N2)cc1. The maximum Gasteiger partial charge on any atom is 0.269 e. The van der Waals surface area contributed by atoms with E-state index in [1.165, 1.54) is 37.7 Å². The number of aliphatic imine (C=N–C) groups is 1. The van der Waals surface area contributed by atoms with Crippen LogP contribution in [0.3, 0.4) is 0 Å². The van der Waals surface area contributed by atoms with Gasteiger partial charge in [0, 0.05) is 24.1 Å². The fourth-order valence-corrected chi connectivity index (χ4v) is 2.56. The highest BCUT2D eigenvalue weighted by molar-refractivity contribution is 5.58. The lowest BCUT2D eigenvalue weighted by Gasteiger charge is -2.32. The minimum Gasteiger partial charge on any atom is -0.258 e. The summed E-state index contributed by atoms with van der Waals surface area (Å²) in [5, 5.41) is 18.8. The molecule has 0 aromatic heterocycles. The van der Waals surface area contributed by atoms with Crippen LogP contribution in [-0.2, 0) is 5.66 Å². The topological polar surface area (TPSA) is 80.2 Å². The van der Waals surface area contributed by atoms with Gasteiger partial charge in [-0.25, -0.2) is 4.99 Å². The van der Waals surface area contributed by atoms with Gasteiger partial charge in [0.2, 0.25) is 0 Å². The van der Waals surface area contributed by atoms with Gasteiger partial charge in [-0.1, -0.05) is 19.3 Å². The number of hydrogen-bond acceptors (Lipinski definition) is 5. The Morgan fingerprint density at radius 2 is 2.05 bits per heavy atom. The van der Waals surface area contributed by atoms with Crippen LogP contribution >= 0.6 is 0 Å². The minimum atomic E-state index is -0.653. The number of hydrogen-bond donors (Lipinski definition) is 0. The molecular weight excluding hydrogens is 244 g/mol. The monoisotopic (exact) mass is 258 g/mol. The van der Waals surface area contributed by atoms with Crippen LogP contribution in [0.1, 0.15) is 31.2 Å². The zero-order valence-electron chi connectivity index (χ0n) is 10.4. The normalized spacial score (nSPS) is 25.5. The van der Waals surface area contributed by atoms with Gasteiger partial charge < -0.3 is 0 Å². The van der Waals surface area contributed by atoms with E-state index in [9.17, 15) is 10.1 Å². The van der Waals surface area contributed by atoms with E-state index in [-0.39, 0.29) is 5.69 Å². The summed E-state index contributed by atoms with van der Waals surface area (Å²) in [6.07, 6.45) is 5.99. The van der Waals surface area contributed by atoms with Gasteiger partial charge in [0.25, 0.3) is 5.69 Å². The highest BCUT2D eigenvalue weighted by atomic mass is 16.6. The maximum atomic E-state index is 10.7. The van der Waals surface area contributed by atoms with E-state index in [1.807, 2.05) is 0 Å². The van der Waals surface area contributed by atoms with Crippen molar-refractivity contribution in [2.24, 2.45) is 21.1 Å². The van der Waals surface area contributed by atoms with Gasteiger partial charge in [0.1, 0.15) is 6.34 Å². The van der Waals surface area contributed by atoms with Crippen molar-refractivity contribution in [3.05, 3.63) is 39.9 Å². The molecular formula is C13H14N4O2. The van der Waals surface area contributed by atoms with Crippen LogP contribution in [0.4, 0.5) is 5.69 Å². The number of non-ortho nitro benzene ring substituents is 1. The summed E-state index contributed by atoms with van der Waals surface area (Å²) in [6.45, 7) is 0. The molecule has 6 nitrogen and oxygen atoms in total. The molecule has 3 rings (SSSR count). The summed E-state index contributed by atoms with van der Waals surface area (Å²) in [5.41, 5.74) is 0.309. The summed E-state index contributed by atoms with van der Waals surface area (Å²) in [4.78, 5) is 14.7. The fraction of sp³-hybridized carbons (Fsp3) is 0.462. The third-order valence-corrected chi connectivity index (χ3v) is 3.88. The zero-order chi connectivity index (χ0) is 13.3. The largest absolute Gasteiger partial charge is 0.269 e. The van der Waals surface area contributed by atoms with E-state index in [0.29, 0.717) is 5.92 Å². The second kappa shape index (κ2) is 4.53. The number of rotatable bonds is 4. The molecule has 2 aliphatic rings. The van der Waals surface area contributed by atoms with Crippen LogP contribution in [0.25, 0.3) is 0 Å². The second-order valence-corrected chi connectivity index (χ2v) is 5.08. The number of benzene rings is 1. The van der Waals surface area contributed by atoms with E-state index in [0.717, 1.165) is 12.0 Å². The van der Waals surface area contributed by atoms with Crippen molar-refractivity contribution < 1.29 is 4.92 Å². The van der Waals surface area contributed by atoms with Crippen molar-refractivity contribution in [3.63, 3.8) is 0 Å². The van der Waals surface area contributed by atoms with Gasteiger partial charge in [-0.2, -0.15) is 5.11 Å². The lowest BCUT2D eigenvalue weighted by Crippen LogP contribution is -2.26. The Morgan fingerprint density at radius 3 is 2.53 bits per heavy atom. The second-order valence-electron chi connectivity index (χ2n) is 5.08. The highest BCUT2D eigenvalue weighted by Gasteiger charge is 2.38. The van der Waals surface area contributed by atoms with Crippen molar-refractivity contribution in [1.82, 2.24) is 0 Å². The smallest absolute Gasteiger partial charge is 0.258 e. The first kappa shape index (κ1) is 12.0. The van der Waals surface area contributed by atoms with Crippen molar-refractivity contribution in [3.8, 4) is 0 Å². The molecule has 1 aromatic rings. The molecule has 0 saturated heterocycles. The molecule has 6 heteroatoms. The molecule has 1 saturated carbocycles. The van der Waals surface area contributed by atoms with Crippen molar-refractivity contribution in [1.29, 1.82) is 0 Å². The molecule has 98 valence electrons. The van der Waals surface area contributed by atoms with E-state index >= 15 is 0 Å². The standard InChI is InChI=1S/C13H14N4O2/c18-17(19)12-6-4-11(5-7-12)13(14-9-15-16-13)8-10-2-1-3-10/h4-7,9-10H,1-3,8H2. The summed E-state index contributed by atoms with van der Waals surface area (Å²) in [6, 6.07) is 6.47. The third-order valence-electron chi connectivity index (χ3n) is 3.88. The molecule has 0 radical (unpaired) electrons. The third kappa shape index (κ3) is 2.14. The molecule has 1 fully saturated rings. The Hall–Kier alpha value is -2.11. The first-order valence-corrected chi connectivity index (χ1v) is 6.40. The van der Waals surface area contributed by atoms with Gasteiger partial charge in [0.05, 0.1) is 4.92 Å². The molecule has 1 aromatic carbocycles. The quantitative estimate of drug-likeness (QED) is 0.612. The molecule has 0 spiro atoms. The number of nitrogens with zero attached hydrogens (tertiary/aromatic N) is 4. The lowest BCUT2D eigenvalue weighted by molar-refractivity contribution is -0.384. The van der Waals surface area contributed by atoms with Crippen LogP contribution < -0.4 is 0 Å². The van der Waals surface area contributed by atoms with Gasteiger partial charge in [-0.05, 0) is 18.1 Å². The molecule has 0 N–H and O–H groups in total. The van der Waals surface area contributed by atoms with Crippen molar-refractivity contribution >= 4 is 12.0 Å². The van der Waals surface area contributed by atoms with Crippen LogP contribution in [-0.4, -0.2) is 11.3 Å². The molecule has 1 atom stereocenters. The predicted octanol–water partition coefficient (Wildman–Crippen LogP) is 3.43. The van der Waals surface area contributed by atoms with Gasteiger partial charge >= 0.3 is 0 Å². The average Bonchev–Trinajstić information content (AvgIpc) is 2.84. The molecule has 1 aliphatic carbocycles. The summed E-state index contributed by atoms with van der Waals surface area (Å²) in [5.74, 6) is 0.629. The van der Waals surface area contributed by atoms with Crippen LogP contribution in [0.2, 0.25) is 0 Å². The summed E-state index contributed by atoms with van der Waals surface area (Å²) in [7, 11) is 0. The van der Waals surface area contributed by atoms with E-state index in [4.69, 9.17) is 0 Å². The van der Waals surface area contributed by atoms with E-state index in [2.05, 4.69) is 15.2 Å². The molecule has 1 aliphatic heterocycles. The molecule has 0 bridgehead atoms. The zero-order valence-corrected chi connectivity index (χ0v) is 10.4.